The number of rotatable bonds is 2. The highest BCUT2D eigenvalue weighted by Gasteiger charge is 2.71. The summed E-state index contributed by atoms with van der Waals surface area (Å²) >= 11 is 0. The molecule has 4 aliphatic carbocycles. The van der Waals surface area contributed by atoms with Crippen molar-refractivity contribution in [3.05, 3.63) is 63.5 Å². The van der Waals surface area contributed by atoms with Crippen molar-refractivity contribution in [2.24, 2.45) is 17.3 Å². The number of aliphatic hydroxyl groups is 1. The zero-order valence-electron chi connectivity index (χ0n) is 19.6. The SMILES string of the molecule is [C-]#[N+]c1ccc([C@H]2C[C@@]3(C)C(CC[C@@]3(O)C(F)(F)C#C)C3CCC4=CC(=O)CCC4=C32)c(C)c1. The fourth-order valence-corrected chi connectivity index (χ4v) is 7.70. The number of aryl methyl sites for hydroxylation is 1. The third-order valence-electron chi connectivity index (χ3n) is 9.35. The van der Waals surface area contributed by atoms with E-state index in [-0.39, 0.29) is 30.0 Å². The lowest BCUT2D eigenvalue weighted by molar-refractivity contribution is -0.209. The molecule has 0 spiro atoms. The van der Waals surface area contributed by atoms with Crippen LogP contribution in [0.25, 0.3) is 4.85 Å². The number of ketones is 1. The molecule has 5 atom stereocenters. The predicted octanol–water partition coefficient (Wildman–Crippen LogP) is 6.44. The summed E-state index contributed by atoms with van der Waals surface area (Å²) in [7, 11) is 0. The molecule has 5 rings (SSSR count). The fourth-order valence-electron chi connectivity index (χ4n) is 7.70. The first kappa shape index (κ1) is 23.0. The van der Waals surface area contributed by atoms with Gasteiger partial charge in [-0.1, -0.05) is 36.3 Å². The number of allylic oxidation sites excluding steroid dienone is 4. The van der Waals surface area contributed by atoms with Crippen molar-refractivity contribution in [2.75, 3.05) is 0 Å². The van der Waals surface area contributed by atoms with Crippen LogP contribution in [0.4, 0.5) is 14.5 Å². The van der Waals surface area contributed by atoms with E-state index < -0.39 is 16.9 Å². The Labute approximate surface area is 199 Å². The Morgan fingerprint density at radius 2 is 2.03 bits per heavy atom. The third-order valence-corrected chi connectivity index (χ3v) is 9.35. The Hall–Kier alpha value is -2.76. The fraction of sp³-hybridized carbons (Fsp3) is 0.517. The molecule has 0 saturated heterocycles. The second kappa shape index (κ2) is 7.62. The molecular weight excluding hydrogens is 432 g/mol. The summed E-state index contributed by atoms with van der Waals surface area (Å²) < 4.78 is 30.2. The van der Waals surface area contributed by atoms with Crippen LogP contribution < -0.4 is 0 Å². The quantitative estimate of drug-likeness (QED) is 0.407. The van der Waals surface area contributed by atoms with Crippen LogP contribution in [0.15, 0.2) is 41.0 Å². The summed E-state index contributed by atoms with van der Waals surface area (Å²) in [4.78, 5) is 15.7. The van der Waals surface area contributed by atoms with E-state index >= 15 is 8.78 Å². The lowest BCUT2D eigenvalue weighted by atomic mass is 9.50. The molecule has 34 heavy (non-hydrogen) atoms. The van der Waals surface area contributed by atoms with E-state index in [4.69, 9.17) is 13.0 Å². The third kappa shape index (κ3) is 2.99. The molecule has 4 aliphatic rings. The van der Waals surface area contributed by atoms with Crippen molar-refractivity contribution < 1.29 is 18.7 Å². The van der Waals surface area contributed by atoms with Gasteiger partial charge in [-0.25, -0.2) is 4.85 Å². The molecule has 2 saturated carbocycles. The first-order valence-electron chi connectivity index (χ1n) is 12.1. The van der Waals surface area contributed by atoms with Gasteiger partial charge in [-0.05, 0) is 86.0 Å². The molecule has 2 fully saturated rings. The highest BCUT2D eigenvalue weighted by Crippen LogP contribution is 2.69. The maximum atomic E-state index is 15.1. The number of alkyl halides is 2. The molecule has 2 unspecified atom stereocenters. The monoisotopic (exact) mass is 461 g/mol. The molecule has 0 heterocycles. The Morgan fingerprint density at radius 1 is 1.26 bits per heavy atom. The number of carbonyl (C=O) groups excluding carboxylic acids is 1. The molecule has 0 bridgehead atoms. The number of benzene rings is 1. The second-order valence-electron chi connectivity index (χ2n) is 10.8. The highest BCUT2D eigenvalue weighted by molar-refractivity contribution is 5.93. The number of hydrogen-bond acceptors (Lipinski definition) is 2. The largest absolute Gasteiger partial charge is 0.382 e. The Morgan fingerprint density at radius 3 is 2.71 bits per heavy atom. The lowest BCUT2D eigenvalue weighted by Crippen LogP contribution is -2.60. The molecule has 176 valence electrons. The van der Waals surface area contributed by atoms with E-state index in [1.165, 1.54) is 11.1 Å². The minimum absolute atomic E-state index is 0.0198. The van der Waals surface area contributed by atoms with Gasteiger partial charge in [0.1, 0.15) is 5.60 Å². The molecule has 0 radical (unpaired) electrons. The highest BCUT2D eigenvalue weighted by atomic mass is 19.3. The van der Waals surface area contributed by atoms with E-state index in [2.05, 4.69) is 4.85 Å². The van der Waals surface area contributed by atoms with Crippen LogP contribution in [-0.2, 0) is 4.79 Å². The zero-order valence-corrected chi connectivity index (χ0v) is 19.6. The van der Waals surface area contributed by atoms with Crippen LogP contribution in [0.2, 0.25) is 0 Å². The Bertz CT molecular complexity index is 1230. The van der Waals surface area contributed by atoms with Crippen LogP contribution in [0.5, 0.6) is 0 Å². The normalized spacial score (nSPS) is 35.0. The number of terminal acetylenes is 1. The predicted molar refractivity (Wildman–Crippen MR) is 126 cm³/mol. The van der Waals surface area contributed by atoms with Crippen molar-refractivity contribution >= 4 is 11.5 Å². The minimum Gasteiger partial charge on any atom is -0.382 e. The van der Waals surface area contributed by atoms with E-state index in [9.17, 15) is 9.90 Å². The summed E-state index contributed by atoms with van der Waals surface area (Å²) in [6.07, 6.45) is 10.6. The van der Waals surface area contributed by atoms with Crippen LogP contribution >= 0.6 is 0 Å². The van der Waals surface area contributed by atoms with Crippen molar-refractivity contribution in [2.45, 2.75) is 76.2 Å². The smallest absolute Gasteiger partial charge is 0.336 e. The number of nitrogens with zero attached hydrogens (tertiary/aromatic N) is 1. The zero-order chi connectivity index (χ0) is 24.5. The van der Waals surface area contributed by atoms with Crippen LogP contribution in [0.3, 0.4) is 0 Å². The number of halogens is 2. The molecular formula is C29H29F2NO2. The van der Waals surface area contributed by atoms with Gasteiger partial charge in [0, 0.05) is 17.8 Å². The van der Waals surface area contributed by atoms with Crippen molar-refractivity contribution in [1.82, 2.24) is 0 Å². The first-order chi connectivity index (χ1) is 16.1. The van der Waals surface area contributed by atoms with Crippen molar-refractivity contribution in [3.63, 3.8) is 0 Å². The van der Waals surface area contributed by atoms with Gasteiger partial charge in [0.05, 0.1) is 6.57 Å². The molecule has 1 aromatic carbocycles. The van der Waals surface area contributed by atoms with Crippen LogP contribution in [0.1, 0.15) is 68.9 Å². The van der Waals surface area contributed by atoms with Crippen molar-refractivity contribution in [3.8, 4) is 12.3 Å². The number of carbonyl (C=O) groups is 1. The molecule has 1 N–H and O–H groups in total. The maximum Gasteiger partial charge on any atom is 0.336 e. The number of fused-ring (bicyclic) bond motifs is 4. The standard InChI is InChI=1S/C29H29F2NO2/c1-5-29(30,31)28(34)13-12-25-23-9-6-18-15-20(33)8-11-22(18)26(23)24(16-27(25,28)3)21-10-7-19(32-4)14-17(21)2/h1,7,10,14-15,23-25,34H,6,8-9,11-13,16H2,2-3H3/t23?,24-,25?,27+,28+/m1/s1. The molecule has 0 amide bonds. The topological polar surface area (TPSA) is 41.7 Å². The van der Waals surface area contributed by atoms with E-state index in [1.807, 2.05) is 26.0 Å². The second-order valence-corrected chi connectivity index (χ2v) is 10.8. The minimum atomic E-state index is -3.62. The summed E-state index contributed by atoms with van der Waals surface area (Å²) in [6, 6.07) is 5.57. The number of hydrogen-bond donors (Lipinski definition) is 1. The summed E-state index contributed by atoms with van der Waals surface area (Å²) in [5.41, 5.74) is 2.75. The van der Waals surface area contributed by atoms with E-state index in [0.717, 1.165) is 29.5 Å². The van der Waals surface area contributed by atoms with Gasteiger partial charge in [-0.3, -0.25) is 4.79 Å². The summed E-state index contributed by atoms with van der Waals surface area (Å²) in [6.45, 7) is 11.1. The van der Waals surface area contributed by atoms with Gasteiger partial charge in [0.15, 0.2) is 11.5 Å². The van der Waals surface area contributed by atoms with E-state index in [0.29, 0.717) is 31.4 Å². The average molecular weight is 462 g/mol. The van der Waals surface area contributed by atoms with Crippen LogP contribution in [0, 0.1) is 43.1 Å². The lowest BCUT2D eigenvalue weighted by Gasteiger charge is -2.55. The molecule has 0 aromatic heterocycles. The van der Waals surface area contributed by atoms with Gasteiger partial charge in [-0.2, -0.15) is 8.78 Å². The molecule has 0 aliphatic heterocycles. The average Bonchev–Trinajstić information content (AvgIpc) is 3.10. The van der Waals surface area contributed by atoms with Gasteiger partial charge < -0.3 is 5.11 Å². The van der Waals surface area contributed by atoms with Gasteiger partial charge in [0.2, 0.25) is 0 Å². The Balaban J connectivity index is 1.73. The first-order valence-corrected chi connectivity index (χ1v) is 12.1. The van der Waals surface area contributed by atoms with Gasteiger partial charge in [-0.15, -0.1) is 6.42 Å². The molecule has 1 aromatic rings. The van der Waals surface area contributed by atoms with E-state index in [1.54, 1.807) is 18.1 Å². The Kier molecular flexibility index (Phi) is 5.16. The maximum absolute atomic E-state index is 15.1. The molecule has 3 nitrogen and oxygen atoms in total. The van der Waals surface area contributed by atoms with Gasteiger partial charge >= 0.3 is 5.92 Å². The summed E-state index contributed by atoms with van der Waals surface area (Å²) in [5, 5.41) is 11.5. The van der Waals surface area contributed by atoms with Crippen LogP contribution in [-0.4, -0.2) is 22.4 Å². The van der Waals surface area contributed by atoms with Gasteiger partial charge in [0.25, 0.3) is 0 Å². The molecule has 5 heteroatoms. The van der Waals surface area contributed by atoms with Crippen molar-refractivity contribution in [1.29, 1.82) is 0 Å². The summed E-state index contributed by atoms with van der Waals surface area (Å²) in [5.74, 6) is -2.07.